The van der Waals surface area contributed by atoms with E-state index in [9.17, 15) is 4.79 Å². The molecule has 0 radical (unpaired) electrons. The van der Waals surface area contributed by atoms with Gasteiger partial charge in [0.1, 0.15) is 14.9 Å². The van der Waals surface area contributed by atoms with Gasteiger partial charge in [-0.25, -0.2) is 4.98 Å². The molecule has 1 saturated heterocycles. The second-order valence-corrected chi connectivity index (χ2v) is 8.44. The average molecular weight is 415 g/mol. The Labute approximate surface area is 173 Å². The number of anilines is 2. The summed E-state index contributed by atoms with van der Waals surface area (Å²) in [6, 6.07) is 12.1. The molecule has 1 amide bonds. The monoisotopic (exact) mass is 414 g/mol. The Morgan fingerprint density at radius 2 is 1.89 bits per heavy atom. The second-order valence-electron chi connectivity index (χ2n) is 7.05. The molecule has 0 aliphatic carbocycles. The third-order valence-electron chi connectivity index (χ3n) is 5.12. The van der Waals surface area contributed by atoms with Crippen LogP contribution in [0, 0.1) is 0 Å². The average Bonchev–Trinajstić information content (AvgIpc) is 3.05. The first-order valence-corrected chi connectivity index (χ1v) is 10.8. The first-order valence-electron chi connectivity index (χ1n) is 9.58. The third-order valence-corrected chi connectivity index (χ3v) is 6.45. The Morgan fingerprint density at radius 1 is 1.14 bits per heavy atom. The summed E-state index contributed by atoms with van der Waals surface area (Å²) in [6.07, 6.45) is 4.66. The molecule has 1 aromatic carbocycles. The molecule has 146 valence electrons. The zero-order valence-electron chi connectivity index (χ0n) is 15.6. The minimum absolute atomic E-state index is 0.165. The molecule has 5 nitrogen and oxygen atoms in total. The minimum atomic E-state index is -0.165. The van der Waals surface area contributed by atoms with Crippen molar-refractivity contribution >= 4 is 50.4 Å². The van der Waals surface area contributed by atoms with Crippen LogP contribution in [0.15, 0.2) is 36.4 Å². The normalized spacial score (nSPS) is 14.4. The SMILES string of the molecule is Nc1c(C(=O)NCCc2ccc(N3CCCCC3)cc2)sc2nc(Cl)ccc12. The van der Waals surface area contributed by atoms with Crippen LogP contribution >= 0.6 is 22.9 Å². The molecular weight excluding hydrogens is 392 g/mol. The Kier molecular flexibility index (Phi) is 5.69. The molecule has 3 aromatic rings. The number of nitrogen functional groups attached to an aromatic ring is 1. The van der Waals surface area contributed by atoms with Crippen molar-refractivity contribution in [2.24, 2.45) is 0 Å². The van der Waals surface area contributed by atoms with E-state index in [1.165, 1.54) is 41.9 Å². The summed E-state index contributed by atoms with van der Waals surface area (Å²) in [6.45, 7) is 2.85. The zero-order chi connectivity index (χ0) is 19.5. The zero-order valence-corrected chi connectivity index (χ0v) is 17.2. The van der Waals surface area contributed by atoms with Crippen LogP contribution < -0.4 is 16.0 Å². The van der Waals surface area contributed by atoms with Crippen molar-refractivity contribution in [3.8, 4) is 0 Å². The number of fused-ring (bicyclic) bond motifs is 1. The minimum Gasteiger partial charge on any atom is -0.397 e. The second kappa shape index (κ2) is 8.37. The number of nitrogens with one attached hydrogen (secondary N) is 1. The fourth-order valence-electron chi connectivity index (χ4n) is 3.57. The highest BCUT2D eigenvalue weighted by Gasteiger charge is 2.17. The van der Waals surface area contributed by atoms with E-state index in [0.29, 0.717) is 27.1 Å². The van der Waals surface area contributed by atoms with Gasteiger partial charge in [0.05, 0.1) is 5.69 Å². The van der Waals surface area contributed by atoms with Crippen LogP contribution in [0.2, 0.25) is 5.15 Å². The van der Waals surface area contributed by atoms with E-state index in [1.807, 2.05) is 0 Å². The molecule has 0 atom stereocenters. The lowest BCUT2D eigenvalue weighted by Gasteiger charge is -2.28. The van der Waals surface area contributed by atoms with Crippen molar-refractivity contribution in [3.63, 3.8) is 0 Å². The third kappa shape index (κ3) is 4.08. The number of amides is 1. The molecule has 1 aliphatic rings. The number of carbonyl (C=O) groups excluding carboxylic acids is 1. The highest BCUT2D eigenvalue weighted by atomic mass is 35.5. The molecule has 3 heterocycles. The lowest BCUT2D eigenvalue weighted by atomic mass is 10.1. The Balaban J connectivity index is 1.34. The van der Waals surface area contributed by atoms with Crippen LogP contribution in [0.5, 0.6) is 0 Å². The summed E-state index contributed by atoms with van der Waals surface area (Å²) in [5.74, 6) is -0.165. The van der Waals surface area contributed by atoms with Gasteiger partial charge in [-0.3, -0.25) is 4.79 Å². The van der Waals surface area contributed by atoms with Crippen LogP contribution in [-0.4, -0.2) is 30.5 Å². The fraction of sp³-hybridized carbons (Fsp3) is 0.333. The van der Waals surface area contributed by atoms with E-state index in [2.05, 4.69) is 39.5 Å². The molecular formula is C21H23ClN4OS. The van der Waals surface area contributed by atoms with Gasteiger partial charge in [-0.1, -0.05) is 23.7 Å². The van der Waals surface area contributed by atoms with Gasteiger partial charge in [-0.15, -0.1) is 11.3 Å². The molecule has 2 aromatic heterocycles. The number of thiophene rings is 1. The highest BCUT2D eigenvalue weighted by molar-refractivity contribution is 7.21. The lowest BCUT2D eigenvalue weighted by molar-refractivity contribution is 0.0959. The van der Waals surface area contributed by atoms with Crippen molar-refractivity contribution in [2.75, 3.05) is 30.3 Å². The maximum Gasteiger partial charge on any atom is 0.263 e. The number of hydrogen-bond donors (Lipinski definition) is 2. The van der Waals surface area contributed by atoms with Gasteiger partial charge in [0, 0.05) is 30.7 Å². The number of piperidine rings is 1. The lowest BCUT2D eigenvalue weighted by Crippen LogP contribution is -2.29. The number of nitrogens with two attached hydrogens (primary N) is 1. The van der Waals surface area contributed by atoms with Gasteiger partial charge >= 0.3 is 0 Å². The smallest absolute Gasteiger partial charge is 0.263 e. The molecule has 1 aliphatic heterocycles. The van der Waals surface area contributed by atoms with Gasteiger partial charge in [0.25, 0.3) is 5.91 Å². The van der Waals surface area contributed by atoms with Crippen LogP contribution in [0.25, 0.3) is 10.2 Å². The van der Waals surface area contributed by atoms with Crippen molar-refractivity contribution < 1.29 is 4.79 Å². The summed E-state index contributed by atoms with van der Waals surface area (Å²) in [7, 11) is 0. The first-order chi connectivity index (χ1) is 13.6. The largest absolute Gasteiger partial charge is 0.397 e. The molecule has 7 heteroatoms. The van der Waals surface area contributed by atoms with Gasteiger partial charge in [0.2, 0.25) is 0 Å². The standard InChI is InChI=1S/C21H23ClN4OS/c22-17-9-8-16-18(23)19(28-21(16)25-17)20(27)24-11-10-14-4-6-15(7-5-14)26-12-2-1-3-13-26/h4-9H,1-3,10-13,23H2,(H,24,27). The molecule has 0 unspecified atom stereocenters. The number of aromatic nitrogens is 1. The number of pyridine rings is 1. The first kappa shape index (κ1) is 19.0. The topological polar surface area (TPSA) is 71.2 Å². The van der Waals surface area contributed by atoms with Gasteiger partial charge in [0.15, 0.2) is 0 Å². The van der Waals surface area contributed by atoms with Crippen LogP contribution in [-0.2, 0) is 6.42 Å². The number of nitrogens with zero attached hydrogens (tertiary/aromatic N) is 2. The molecule has 1 fully saturated rings. The van der Waals surface area contributed by atoms with E-state index in [4.69, 9.17) is 17.3 Å². The van der Waals surface area contributed by atoms with Crippen LogP contribution in [0.3, 0.4) is 0 Å². The predicted octanol–water partition coefficient (Wildman–Crippen LogP) is 4.49. The summed E-state index contributed by atoms with van der Waals surface area (Å²) in [5, 5.41) is 4.13. The summed E-state index contributed by atoms with van der Waals surface area (Å²) < 4.78 is 0. The van der Waals surface area contributed by atoms with E-state index in [-0.39, 0.29) is 5.91 Å². The van der Waals surface area contributed by atoms with Gasteiger partial charge in [-0.2, -0.15) is 0 Å². The van der Waals surface area contributed by atoms with E-state index >= 15 is 0 Å². The van der Waals surface area contributed by atoms with E-state index in [1.54, 1.807) is 12.1 Å². The molecule has 3 N–H and O–H groups in total. The number of carbonyl (C=O) groups is 1. The number of benzene rings is 1. The summed E-state index contributed by atoms with van der Waals surface area (Å²) in [5.41, 5.74) is 9.08. The maximum atomic E-state index is 12.5. The number of halogens is 1. The van der Waals surface area contributed by atoms with Gasteiger partial charge < -0.3 is 16.0 Å². The Morgan fingerprint density at radius 3 is 2.64 bits per heavy atom. The van der Waals surface area contributed by atoms with E-state index < -0.39 is 0 Å². The van der Waals surface area contributed by atoms with Crippen molar-refractivity contribution in [1.82, 2.24) is 10.3 Å². The van der Waals surface area contributed by atoms with Crippen molar-refractivity contribution in [2.45, 2.75) is 25.7 Å². The van der Waals surface area contributed by atoms with Crippen molar-refractivity contribution in [3.05, 3.63) is 52.0 Å². The molecule has 0 spiro atoms. The van der Waals surface area contributed by atoms with Gasteiger partial charge in [-0.05, 0) is 55.5 Å². The molecule has 0 bridgehead atoms. The predicted molar refractivity (Wildman–Crippen MR) is 118 cm³/mol. The Bertz CT molecular complexity index is 980. The molecule has 28 heavy (non-hydrogen) atoms. The number of rotatable bonds is 5. The summed E-state index contributed by atoms with van der Waals surface area (Å²) in [4.78, 5) is 20.4. The maximum absolute atomic E-state index is 12.5. The Hall–Kier alpha value is -2.31. The van der Waals surface area contributed by atoms with E-state index in [0.717, 1.165) is 24.9 Å². The molecule has 4 rings (SSSR count). The highest BCUT2D eigenvalue weighted by Crippen LogP contribution is 2.33. The van der Waals surface area contributed by atoms with Crippen molar-refractivity contribution in [1.29, 1.82) is 0 Å². The van der Waals surface area contributed by atoms with Crippen LogP contribution in [0.4, 0.5) is 11.4 Å². The van der Waals surface area contributed by atoms with Crippen LogP contribution in [0.1, 0.15) is 34.5 Å². The summed E-state index contributed by atoms with van der Waals surface area (Å²) >= 11 is 7.20. The quantitative estimate of drug-likeness (QED) is 0.603. The fourth-order valence-corrected chi connectivity index (χ4v) is 4.78. The molecule has 0 saturated carbocycles. The number of hydrogen-bond acceptors (Lipinski definition) is 5.